The number of rotatable bonds is 3. The van der Waals surface area contributed by atoms with E-state index in [1.807, 2.05) is 6.07 Å². The van der Waals surface area contributed by atoms with Gasteiger partial charge in [-0.15, -0.1) is 0 Å². The third-order valence-corrected chi connectivity index (χ3v) is 3.24. The number of benzene rings is 1. The van der Waals surface area contributed by atoms with Crippen LogP contribution < -0.4 is 4.74 Å². The molecular weight excluding hydrogens is 259 g/mol. The Bertz CT molecular complexity index is 584. The number of amides is 1. The summed E-state index contributed by atoms with van der Waals surface area (Å²) in [6, 6.07) is 5.87. The average molecular weight is 274 g/mol. The second-order valence-electron chi connectivity index (χ2n) is 4.56. The van der Waals surface area contributed by atoms with E-state index in [2.05, 4.69) is 0 Å². The third-order valence-electron chi connectivity index (χ3n) is 3.24. The van der Waals surface area contributed by atoms with Crippen molar-refractivity contribution in [3.8, 4) is 11.8 Å². The quantitative estimate of drug-likeness (QED) is 0.628. The van der Waals surface area contributed by atoms with Crippen molar-refractivity contribution >= 4 is 12.0 Å². The molecule has 1 fully saturated rings. The third kappa shape index (κ3) is 2.97. The van der Waals surface area contributed by atoms with E-state index >= 15 is 0 Å². The van der Waals surface area contributed by atoms with Gasteiger partial charge in [-0.05, 0) is 37.1 Å². The number of hydrogen-bond acceptors (Lipinski definition) is 3. The van der Waals surface area contributed by atoms with Crippen LogP contribution in [-0.2, 0) is 4.79 Å². The van der Waals surface area contributed by atoms with Crippen LogP contribution in [-0.4, -0.2) is 31.0 Å². The van der Waals surface area contributed by atoms with Gasteiger partial charge in [-0.1, -0.05) is 0 Å². The Hall–Kier alpha value is -2.35. The topological polar surface area (TPSA) is 53.3 Å². The van der Waals surface area contributed by atoms with E-state index in [4.69, 9.17) is 10.00 Å². The molecule has 1 aromatic carbocycles. The molecule has 0 spiro atoms. The lowest BCUT2D eigenvalue weighted by molar-refractivity contribution is -0.125. The first kappa shape index (κ1) is 14.1. The fourth-order valence-corrected chi connectivity index (χ4v) is 2.21. The number of hydrogen-bond donors (Lipinski definition) is 0. The fraction of sp³-hybridized carbons (Fsp3) is 0.333. The van der Waals surface area contributed by atoms with Crippen LogP contribution in [0.2, 0.25) is 0 Å². The van der Waals surface area contributed by atoms with E-state index in [0.717, 1.165) is 12.8 Å². The van der Waals surface area contributed by atoms with E-state index in [9.17, 15) is 9.18 Å². The molecule has 1 heterocycles. The van der Waals surface area contributed by atoms with Crippen molar-refractivity contribution in [2.24, 2.45) is 0 Å². The molecule has 0 radical (unpaired) electrons. The first-order chi connectivity index (χ1) is 9.65. The Morgan fingerprint density at radius 2 is 2.15 bits per heavy atom. The fourth-order valence-electron chi connectivity index (χ4n) is 2.21. The second kappa shape index (κ2) is 6.20. The van der Waals surface area contributed by atoms with Crippen molar-refractivity contribution in [1.82, 2.24) is 4.90 Å². The smallest absolute Gasteiger partial charge is 0.264 e. The van der Waals surface area contributed by atoms with Crippen LogP contribution in [0.1, 0.15) is 18.4 Å². The molecule has 4 nitrogen and oxygen atoms in total. The zero-order valence-corrected chi connectivity index (χ0v) is 11.2. The van der Waals surface area contributed by atoms with Gasteiger partial charge in [0.25, 0.3) is 5.91 Å². The van der Waals surface area contributed by atoms with Crippen molar-refractivity contribution in [2.45, 2.75) is 12.8 Å². The van der Waals surface area contributed by atoms with Gasteiger partial charge < -0.3 is 9.64 Å². The van der Waals surface area contributed by atoms with Crippen LogP contribution in [0.15, 0.2) is 23.8 Å². The maximum atomic E-state index is 13.3. The maximum Gasteiger partial charge on any atom is 0.264 e. The average Bonchev–Trinajstić information content (AvgIpc) is 2.98. The van der Waals surface area contributed by atoms with E-state index in [1.54, 1.807) is 4.90 Å². The molecule has 0 aromatic heterocycles. The molecule has 0 saturated carbocycles. The molecule has 0 aliphatic carbocycles. The maximum absolute atomic E-state index is 13.3. The molecule has 1 aliphatic rings. The zero-order valence-electron chi connectivity index (χ0n) is 11.2. The Balaban J connectivity index is 2.33. The van der Waals surface area contributed by atoms with Crippen LogP contribution in [0, 0.1) is 17.1 Å². The molecule has 5 heteroatoms. The van der Waals surface area contributed by atoms with Gasteiger partial charge in [0.15, 0.2) is 0 Å². The van der Waals surface area contributed by atoms with Crippen LogP contribution >= 0.6 is 0 Å². The summed E-state index contributed by atoms with van der Waals surface area (Å²) in [7, 11) is 1.46. The molecule has 0 unspecified atom stereocenters. The van der Waals surface area contributed by atoms with Crippen LogP contribution in [0.3, 0.4) is 0 Å². The van der Waals surface area contributed by atoms with Crippen molar-refractivity contribution in [2.75, 3.05) is 20.2 Å². The zero-order chi connectivity index (χ0) is 14.5. The minimum atomic E-state index is -0.442. The van der Waals surface area contributed by atoms with Gasteiger partial charge >= 0.3 is 0 Å². The van der Waals surface area contributed by atoms with Gasteiger partial charge in [0.05, 0.1) is 7.11 Å². The molecule has 20 heavy (non-hydrogen) atoms. The standard InChI is InChI=1S/C15H15FN2O2/c1-20-14-5-4-13(16)9-11(14)8-12(10-17)15(19)18-6-2-3-7-18/h4-5,8-9H,2-3,6-7H2,1H3/b12-8+. The number of halogens is 1. The summed E-state index contributed by atoms with van der Waals surface area (Å²) in [6.45, 7) is 1.33. The SMILES string of the molecule is COc1ccc(F)cc1/C=C(\C#N)C(=O)N1CCCC1. The molecule has 0 atom stereocenters. The van der Waals surface area contributed by atoms with Crippen LogP contribution in [0.5, 0.6) is 5.75 Å². The largest absolute Gasteiger partial charge is 0.496 e. The van der Waals surface area contributed by atoms with Crippen molar-refractivity contribution in [3.63, 3.8) is 0 Å². The lowest BCUT2D eigenvalue weighted by Gasteiger charge is -2.14. The highest BCUT2D eigenvalue weighted by molar-refractivity contribution is 6.02. The molecule has 1 aliphatic heterocycles. The van der Waals surface area contributed by atoms with E-state index in [-0.39, 0.29) is 11.5 Å². The number of methoxy groups -OCH3 is 1. The van der Waals surface area contributed by atoms with Gasteiger partial charge in [-0.3, -0.25) is 4.79 Å². The highest BCUT2D eigenvalue weighted by Gasteiger charge is 2.21. The van der Waals surface area contributed by atoms with Gasteiger partial charge in [0.2, 0.25) is 0 Å². The van der Waals surface area contributed by atoms with E-state index < -0.39 is 5.82 Å². The summed E-state index contributed by atoms with van der Waals surface area (Å²) in [5.41, 5.74) is 0.382. The summed E-state index contributed by atoms with van der Waals surface area (Å²) in [5, 5.41) is 9.15. The summed E-state index contributed by atoms with van der Waals surface area (Å²) in [6.07, 6.45) is 3.28. The highest BCUT2D eigenvalue weighted by atomic mass is 19.1. The molecule has 104 valence electrons. The second-order valence-corrected chi connectivity index (χ2v) is 4.56. The minimum absolute atomic E-state index is 0.00389. The highest BCUT2D eigenvalue weighted by Crippen LogP contribution is 2.23. The number of carbonyl (C=O) groups excluding carboxylic acids is 1. The minimum Gasteiger partial charge on any atom is -0.496 e. The summed E-state index contributed by atoms with van der Waals surface area (Å²) in [4.78, 5) is 13.8. The Morgan fingerprint density at radius 3 is 2.75 bits per heavy atom. The number of ether oxygens (including phenoxy) is 1. The molecule has 0 bridgehead atoms. The normalized spacial score (nSPS) is 15.1. The van der Waals surface area contributed by atoms with Crippen LogP contribution in [0.25, 0.3) is 6.08 Å². The molecule has 0 N–H and O–H groups in total. The van der Waals surface area contributed by atoms with Gasteiger partial charge in [0, 0.05) is 18.7 Å². The summed E-state index contributed by atoms with van der Waals surface area (Å²) >= 11 is 0. The van der Waals surface area contributed by atoms with Crippen molar-refractivity contribution in [3.05, 3.63) is 35.2 Å². The number of nitrogens with zero attached hydrogens (tertiary/aromatic N) is 2. The van der Waals surface area contributed by atoms with E-state index in [0.29, 0.717) is 24.4 Å². The van der Waals surface area contributed by atoms with Gasteiger partial charge in [-0.25, -0.2) is 4.39 Å². The summed E-state index contributed by atoms with van der Waals surface area (Å²) < 4.78 is 18.4. The number of likely N-dealkylation sites (tertiary alicyclic amines) is 1. The summed E-state index contributed by atoms with van der Waals surface area (Å²) in [5.74, 6) is -0.326. The first-order valence-electron chi connectivity index (χ1n) is 6.40. The Labute approximate surface area is 117 Å². The van der Waals surface area contributed by atoms with Crippen molar-refractivity contribution < 1.29 is 13.9 Å². The van der Waals surface area contributed by atoms with Gasteiger partial charge in [-0.2, -0.15) is 5.26 Å². The van der Waals surface area contributed by atoms with Crippen LogP contribution in [0.4, 0.5) is 4.39 Å². The lowest BCUT2D eigenvalue weighted by Crippen LogP contribution is -2.28. The monoisotopic (exact) mass is 274 g/mol. The Morgan fingerprint density at radius 1 is 1.45 bits per heavy atom. The predicted molar refractivity (Wildman–Crippen MR) is 72.4 cm³/mol. The first-order valence-corrected chi connectivity index (χ1v) is 6.40. The molecule has 1 amide bonds. The molecule has 2 rings (SSSR count). The lowest BCUT2D eigenvalue weighted by atomic mass is 10.1. The Kier molecular flexibility index (Phi) is 4.36. The number of nitriles is 1. The van der Waals surface area contributed by atoms with E-state index in [1.165, 1.54) is 31.4 Å². The predicted octanol–water partition coefficient (Wildman–Crippen LogP) is 2.36. The van der Waals surface area contributed by atoms with Gasteiger partial charge in [0.1, 0.15) is 23.2 Å². The molecular formula is C15H15FN2O2. The van der Waals surface area contributed by atoms with Crippen molar-refractivity contribution in [1.29, 1.82) is 5.26 Å². The molecule has 1 saturated heterocycles. The number of carbonyl (C=O) groups is 1. The molecule has 1 aromatic rings.